The van der Waals surface area contributed by atoms with Crippen molar-refractivity contribution in [2.75, 3.05) is 19.8 Å². The first-order valence-corrected chi connectivity index (χ1v) is 19.8. The maximum Gasteiger partial charge on any atom is 0.306 e. The van der Waals surface area contributed by atoms with Crippen molar-refractivity contribution in [3.63, 3.8) is 0 Å². The zero-order valence-corrected chi connectivity index (χ0v) is 30.9. The number of rotatable bonds is 32. The van der Waals surface area contributed by atoms with Crippen LogP contribution in [0.1, 0.15) is 168 Å². The summed E-state index contributed by atoms with van der Waals surface area (Å²) in [5, 5.41) is 39.9. The summed E-state index contributed by atoms with van der Waals surface area (Å²) in [5.41, 5.74) is 0. The molecule has 10 nitrogen and oxygen atoms in total. The summed E-state index contributed by atoms with van der Waals surface area (Å²) >= 11 is 0. The molecule has 1 rings (SSSR count). The van der Waals surface area contributed by atoms with E-state index >= 15 is 0 Å². The van der Waals surface area contributed by atoms with E-state index in [1.165, 1.54) is 77.0 Å². The second-order valence-corrected chi connectivity index (χ2v) is 13.7. The van der Waals surface area contributed by atoms with E-state index in [1.807, 2.05) is 0 Å². The topological polar surface area (TPSA) is 152 Å². The molecule has 10 heteroatoms. The van der Waals surface area contributed by atoms with Gasteiger partial charge >= 0.3 is 11.9 Å². The lowest BCUT2D eigenvalue weighted by molar-refractivity contribution is -0.305. The lowest BCUT2D eigenvalue weighted by Gasteiger charge is -2.39. The van der Waals surface area contributed by atoms with Crippen LogP contribution in [0.5, 0.6) is 0 Å². The van der Waals surface area contributed by atoms with Gasteiger partial charge in [0.2, 0.25) is 0 Å². The fourth-order valence-electron chi connectivity index (χ4n) is 5.95. The molecule has 0 bridgehead atoms. The summed E-state index contributed by atoms with van der Waals surface area (Å²) in [6, 6.07) is 0. The van der Waals surface area contributed by atoms with Gasteiger partial charge in [-0.3, -0.25) is 9.59 Å². The Morgan fingerprint density at radius 2 is 1.08 bits per heavy atom. The smallest absolute Gasteiger partial charge is 0.306 e. The third kappa shape index (κ3) is 23.5. The van der Waals surface area contributed by atoms with Crippen LogP contribution in [0.25, 0.3) is 0 Å². The maximum absolute atomic E-state index is 12.7. The van der Waals surface area contributed by atoms with Crippen LogP contribution < -0.4 is 0 Å². The maximum atomic E-state index is 12.7. The number of hydrogen-bond donors (Lipinski definition) is 4. The SMILES string of the molecule is CCCCCC/C=C\CCCCCCCC(=O)OC[C@H](CO[C@@H]1O[C@H](CO)[C@H](O)[C@H](O)[C@H]1O)OC(=O)CCCCCCCCCCCCC. The molecular weight excluding hydrogens is 628 g/mol. The Balaban J connectivity index is 2.39. The average Bonchev–Trinajstić information content (AvgIpc) is 3.10. The number of aliphatic hydroxyl groups is 4. The summed E-state index contributed by atoms with van der Waals surface area (Å²) in [7, 11) is 0. The number of hydrogen-bond acceptors (Lipinski definition) is 10. The van der Waals surface area contributed by atoms with Crippen molar-refractivity contribution in [2.45, 2.75) is 205 Å². The molecule has 49 heavy (non-hydrogen) atoms. The average molecular weight is 701 g/mol. The van der Waals surface area contributed by atoms with Gasteiger partial charge in [-0.15, -0.1) is 0 Å². The first-order valence-electron chi connectivity index (χ1n) is 19.8. The minimum Gasteiger partial charge on any atom is -0.462 e. The van der Waals surface area contributed by atoms with Gasteiger partial charge in [0.25, 0.3) is 0 Å². The molecule has 1 saturated heterocycles. The van der Waals surface area contributed by atoms with Crippen LogP contribution in [0.15, 0.2) is 12.2 Å². The lowest BCUT2D eigenvalue weighted by atomic mass is 9.99. The lowest BCUT2D eigenvalue weighted by Crippen LogP contribution is -2.59. The Kier molecular flexibility index (Phi) is 28.9. The first kappa shape index (κ1) is 45.5. The Bertz CT molecular complexity index is 820. The summed E-state index contributed by atoms with van der Waals surface area (Å²) in [6.07, 6.45) is 22.2. The Morgan fingerprint density at radius 1 is 0.612 bits per heavy atom. The largest absolute Gasteiger partial charge is 0.462 e. The van der Waals surface area contributed by atoms with Crippen LogP contribution in [-0.4, -0.2) is 89.0 Å². The summed E-state index contributed by atoms with van der Waals surface area (Å²) in [4.78, 5) is 25.1. The highest BCUT2D eigenvalue weighted by atomic mass is 16.7. The van der Waals surface area contributed by atoms with E-state index in [-0.39, 0.29) is 32.0 Å². The Hall–Kier alpha value is -1.56. The Labute approximate surface area is 297 Å². The number of aliphatic hydroxyl groups excluding tert-OH is 4. The number of allylic oxidation sites excluding steroid dienone is 2. The summed E-state index contributed by atoms with van der Waals surface area (Å²) in [5.74, 6) is -0.814. The number of carbonyl (C=O) groups is 2. The first-order chi connectivity index (χ1) is 23.8. The van der Waals surface area contributed by atoms with E-state index in [4.69, 9.17) is 18.9 Å². The molecule has 0 aromatic heterocycles. The second-order valence-electron chi connectivity index (χ2n) is 13.7. The van der Waals surface area contributed by atoms with Gasteiger partial charge in [0.1, 0.15) is 31.0 Å². The van der Waals surface area contributed by atoms with E-state index in [0.717, 1.165) is 57.8 Å². The predicted octanol–water partition coefficient (Wildman–Crippen LogP) is 7.22. The molecule has 6 atom stereocenters. The second kappa shape index (κ2) is 31.2. The standard InChI is InChI=1S/C39H72O10/c1-3-5-7-9-11-13-15-16-18-19-21-23-25-27-34(41)46-30-32(31-47-39-38(45)37(44)36(43)33(29-40)49-39)48-35(42)28-26-24-22-20-17-14-12-10-8-6-4-2/h13,15,32-33,36-40,43-45H,3-12,14,16-31H2,1-2H3/b15-13-/t32-,33-,36+,37+,38-,39-/m1/s1. The van der Waals surface area contributed by atoms with Crippen molar-refractivity contribution >= 4 is 11.9 Å². The molecule has 0 unspecified atom stereocenters. The van der Waals surface area contributed by atoms with Gasteiger partial charge in [0, 0.05) is 12.8 Å². The van der Waals surface area contributed by atoms with Crippen molar-refractivity contribution < 1.29 is 49.0 Å². The third-order valence-electron chi connectivity index (χ3n) is 9.15. The molecule has 288 valence electrons. The molecule has 0 radical (unpaired) electrons. The van der Waals surface area contributed by atoms with Gasteiger partial charge < -0.3 is 39.4 Å². The van der Waals surface area contributed by atoms with Crippen molar-refractivity contribution in [1.29, 1.82) is 0 Å². The van der Waals surface area contributed by atoms with E-state index in [9.17, 15) is 30.0 Å². The van der Waals surface area contributed by atoms with Crippen LogP contribution in [0.3, 0.4) is 0 Å². The number of esters is 2. The molecule has 0 aromatic carbocycles. The van der Waals surface area contributed by atoms with Crippen molar-refractivity contribution in [3.8, 4) is 0 Å². The fraction of sp³-hybridized carbons (Fsp3) is 0.897. The van der Waals surface area contributed by atoms with Crippen molar-refractivity contribution in [2.24, 2.45) is 0 Å². The van der Waals surface area contributed by atoms with Gasteiger partial charge in [-0.1, -0.05) is 129 Å². The van der Waals surface area contributed by atoms with E-state index in [1.54, 1.807) is 0 Å². The van der Waals surface area contributed by atoms with Gasteiger partial charge in [0.15, 0.2) is 12.4 Å². The van der Waals surface area contributed by atoms with Gasteiger partial charge in [-0.2, -0.15) is 0 Å². The number of unbranched alkanes of at least 4 members (excludes halogenated alkanes) is 19. The van der Waals surface area contributed by atoms with Gasteiger partial charge in [-0.25, -0.2) is 0 Å². The van der Waals surface area contributed by atoms with Crippen molar-refractivity contribution in [3.05, 3.63) is 12.2 Å². The molecular formula is C39H72O10. The summed E-state index contributed by atoms with van der Waals surface area (Å²) < 4.78 is 22.0. The predicted molar refractivity (Wildman–Crippen MR) is 192 cm³/mol. The molecule has 1 aliphatic heterocycles. The molecule has 4 N–H and O–H groups in total. The minimum atomic E-state index is -1.59. The normalized spacial score (nSPS) is 21.6. The van der Waals surface area contributed by atoms with Gasteiger partial charge in [0.05, 0.1) is 13.2 Å². The fourth-order valence-corrected chi connectivity index (χ4v) is 5.95. The monoisotopic (exact) mass is 701 g/mol. The number of carbonyl (C=O) groups excluding carboxylic acids is 2. The van der Waals surface area contributed by atoms with E-state index in [2.05, 4.69) is 26.0 Å². The molecule has 1 heterocycles. The van der Waals surface area contributed by atoms with E-state index < -0.39 is 49.4 Å². The zero-order valence-electron chi connectivity index (χ0n) is 30.9. The minimum absolute atomic E-state index is 0.217. The highest BCUT2D eigenvalue weighted by molar-refractivity contribution is 5.70. The van der Waals surface area contributed by atoms with Gasteiger partial charge in [-0.05, 0) is 38.5 Å². The molecule has 0 saturated carbocycles. The zero-order chi connectivity index (χ0) is 36.0. The highest BCUT2D eigenvalue weighted by Gasteiger charge is 2.44. The molecule has 0 amide bonds. The van der Waals surface area contributed by atoms with Crippen molar-refractivity contribution in [1.82, 2.24) is 0 Å². The van der Waals surface area contributed by atoms with Crippen LogP contribution >= 0.6 is 0 Å². The van der Waals surface area contributed by atoms with Crippen LogP contribution in [0.2, 0.25) is 0 Å². The van der Waals surface area contributed by atoms with Crippen LogP contribution in [0.4, 0.5) is 0 Å². The molecule has 0 aliphatic carbocycles. The molecule has 1 aliphatic rings. The Morgan fingerprint density at radius 3 is 1.61 bits per heavy atom. The summed E-state index contributed by atoms with van der Waals surface area (Å²) in [6.45, 7) is 3.38. The van der Waals surface area contributed by atoms with E-state index in [0.29, 0.717) is 6.42 Å². The van der Waals surface area contributed by atoms with Crippen LogP contribution in [-0.2, 0) is 28.5 Å². The highest BCUT2D eigenvalue weighted by Crippen LogP contribution is 2.22. The molecule has 0 aromatic rings. The number of ether oxygens (including phenoxy) is 4. The molecule has 0 spiro atoms. The molecule has 1 fully saturated rings. The van der Waals surface area contributed by atoms with Crippen LogP contribution in [0, 0.1) is 0 Å². The third-order valence-corrected chi connectivity index (χ3v) is 9.15. The quantitative estimate of drug-likeness (QED) is 0.0322.